The molecule has 5 heteroatoms. The van der Waals surface area contributed by atoms with Gasteiger partial charge in [0, 0.05) is 18.1 Å². The Balaban J connectivity index is 2.85. The van der Waals surface area contributed by atoms with Gasteiger partial charge in [0.15, 0.2) is 0 Å². The fraction of sp³-hybridized carbons (Fsp3) is 0.471. The van der Waals surface area contributed by atoms with Crippen LogP contribution in [-0.2, 0) is 18.4 Å². The van der Waals surface area contributed by atoms with Gasteiger partial charge in [-0.05, 0) is 41.6 Å². The first kappa shape index (κ1) is 16.5. The number of carbonyl (C=O) groups is 1. The van der Waals surface area contributed by atoms with E-state index in [-0.39, 0.29) is 17.6 Å². The molecule has 0 saturated heterocycles. The maximum absolute atomic E-state index is 11.5. The Morgan fingerprint density at radius 1 is 1.32 bits per heavy atom. The Kier molecular flexibility index (Phi) is 4.58. The predicted molar refractivity (Wildman–Crippen MR) is 87.4 cm³/mol. The van der Waals surface area contributed by atoms with Crippen LogP contribution in [-0.4, -0.2) is 33.9 Å². The van der Waals surface area contributed by atoms with E-state index in [4.69, 9.17) is 5.73 Å². The molecule has 0 aliphatic rings. The molecule has 0 atom stereocenters. The summed E-state index contributed by atoms with van der Waals surface area (Å²) in [6, 6.07) is 3.45. The minimum atomic E-state index is -0.930. The summed E-state index contributed by atoms with van der Waals surface area (Å²) in [7, 11) is 0. The van der Waals surface area contributed by atoms with Crippen LogP contribution >= 0.6 is 0 Å². The Morgan fingerprint density at radius 3 is 2.50 bits per heavy atom. The molecule has 1 aromatic carbocycles. The molecule has 2 aromatic rings. The van der Waals surface area contributed by atoms with Crippen molar-refractivity contribution in [1.29, 1.82) is 0 Å². The zero-order valence-corrected chi connectivity index (χ0v) is 13.4. The van der Waals surface area contributed by atoms with Crippen LogP contribution in [0.2, 0.25) is 0 Å². The summed E-state index contributed by atoms with van der Waals surface area (Å²) in [5.74, 6) is -0.930. The lowest BCUT2D eigenvalue weighted by atomic mass is 9.84. The van der Waals surface area contributed by atoms with Gasteiger partial charge in [-0.1, -0.05) is 20.8 Å². The van der Waals surface area contributed by atoms with Gasteiger partial charge in [0.2, 0.25) is 0 Å². The maximum Gasteiger partial charge on any atom is 0.335 e. The number of hydrogen-bond acceptors (Lipinski definition) is 3. The van der Waals surface area contributed by atoms with E-state index in [1.54, 1.807) is 12.1 Å². The number of carboxylic acid groups (broad SMARTS) is 1. The minimum absolute atomic E-state index is 0.0378. The van der Waals surface area contributed by atoms with Crippen LogP contribution in [0.5, 0.6) is 0 Å². The fourth-order valence-corrected chi connectivity index (χ4v) is 2.84. The summed E-state index contributed by atoms with van der Waals surface area (Å²) >= 11 is 0. The van der Waals surface area contributed by atoms with Crippen molar-refractivity contribution >= 4 is 16.9 Å². The molecular weight excluding hydrogens is 280 g/mol. The van der Waals surface area contributed by atoms with Crippen LogP contribution in [0.1, 0.15) is 42.3 Å². The average Bonchev–Trinajstić information content (AvgIpc) is 2.76. The predicted octanol–water partition coefficient (Wildman–Crippen LogP) is 2.13. The molecule has 0 spiro atoms. The highest BCUT2D eigenvalue weighted by molar-refractivity contribution is 5.97. The third-order valence-corrected chi connectivity index (χ3v) is 3.86. The summed E-state index contributed by atoms with van der Waals surface area (Å²) < 4.78 is 2.01. The van der Waals surface area contributed by atoms with Gasteiger partial charge in [-0.2, -0.15) is 0 Å². The molecule has 0 saturated carbocycles. The first-order valence-corrected chi connectivity index (χ1v) is 7.50. The first-order chi connectivity index (χ1) is 10.3. The molecule has 120 valence electrons. The van der Waals surface area contributed by atoms with Gasteiger partial charge in [-0.3, -0.25) is 0 Å². The van der Waals surface area contributed by atoms with E-state index in [1.165, 1.54) is 0 Å². The Morgan fingerprint density at radius 2 is 2.00 bits per heavy atom. The van der Waals surface area contributed by atoms with Crippen LogP contribution in [0.15, 0.2) is 18.3 Å². The summed E-state index contributed by atoms with van der Waals surface area (Å²) in [6.07, 6.45) is 2.66. The van der Waals surface area contributed by atoms with Crippen molar-refractivity contribution in [2.24, 2.45) is 5.73 Å². The standard InChI is InChI=1S/C17H24N2O3/c1-17(2,3)14-9-12(16(21)22)8-13-11(4-5-18)10-19(6-7-20)15(13)14/h8-10,20H,4-7,18H2,1-3H3,(H,21,22). The number of nitrogens with zero attached hydrogens (tertiary/aromatic N) is 1. The van der Waals surface area contributed by atoms with Gasteiger partial charge in [-0.15, -0.1) is 0 Å². The van der Waals surface area contributed by atoms with Crippen LogP contribution < -0.4 is 5.73 Å². The molecule has 0 aliphatic carbocycles. The second kappa shape index (κ2) is 6.10. The van der Waals surface area contributed by atoms with Gasteiger partial charge >= 0.3 is 5.97 Å². The van der Waals surface area contributed by atoms with E-state index in [2.05, 4.69) is 20.8 Å². The summed E-state index contributed by atoms with van der Waals surface area (Å²) in [5, 5.41) is 19.6. The molecule has 0 unspecified atom stereocenters. The zero-order chi connectivity index (χ0) is 16.5. The lowest BCUT2D eigenvalue weighted by Gasteiger charge is -2.22. The number of rotatable bonds is 5. The molecular formula is C17H24N2O3. The number of aromatic nitrogens is 1. The molecule has 22 heavy (non-hydrogen) atoms. The smallest absolute Gasteiger partial charge is 0.335 e. The molecule has 0 amide bonds. The second-order valence-corrected chi connectivity index (χ2v) is 6.59. The minimum Gasteiger partial charge on any atom is -0.478 e. The van der Waals surface area contributed by atoms with E-state index in [0.29, 0.717) is 19.5 Å². The Bertz CT molecular complexity index is 696. The number of nitrogens with two attached hydrogens (primary N) is 1. The molecule has 0 bridgehead atoms. The summed E-state index contributed by atoms with van der Waals surface area (Å²) in [6.45, 7) is 7.21. The quantitative estimate of drug-likeness (QED) is 0.789. The number of carboxylic acids is 1. The van der Waals surface area contributed by atoms with Crippen LogP contribution in [0.4, 0.5) is 0 Å². The van der Waals surface area contributed by atoms with Crippen LogP contribution in [0, 0.1) is 0 Å². The number of aliphatic hydroxyl groups is 1. The van der Waals surface area contributed by atoms with Crippen molar-refractivity contribution in [2.75, 3.05) is 13.2 Å². The lowest BCUT2D eigenvalue weighted by Crippen LogP contribution is -2.15. The number of benzene rings is 1. The Hall–Kier alpha value is -1.85. The lowest BCUT2D eigenvalue weighted by molar-refractivity contribution is 0.0697. The van der Waals surface area contributed by atoms with Gasteiger partial charge in [-0.25, -0.2) is 4.79 Å². The number of hydrogen-bond donors (Lipinski definition) is 3. The highest BCUT2D eigenvalue weighted by atomic mass is 16.4. The van der Waals surface area contributed by atoms with Gasteiger partial charge in [0.05, 0.1) is 17.7 Å². The molecule has 0 aliphatic heterocycles. The second-order valence-electron chi connectivity index (χ2n) is 6.59. The molecule has 1 heterocycles. The van der Waals surface area contributed by atoms with Gasteiger partial charge < -0.3 is 20.5 Å². The largest absolute Gasteiger partial charge is 0.478 e. The molecule has 0 fully saturated rings. The highest BCUT2D eigenvalue weighted by Gasteiger charge is 2.23. The van der Waals surface area contributed by atoms with Crippen molar-refractivity contribution in [3.63, 3.8) is 0 Å². The third kappa shape index (κ3) is 3.00. The van der Waals surface area contributed by atoms with Crippen molar-refractivity contribution in [2.45, 2.75) is 39.2 Å². The summed E-state index contributed by atoms with van der Waals surface area (Å²) in [4.78, 5) is 11.5. The maximum atomic E-state index is 11.5. The first-order valence-electron chi connectivity index (χ1n) is 7.50. The van der Waals surface area contributed by atoms with Crippen molar-refractivity contribution in [3.05, 3.63) is 35.0 Å². The third-order valence-electron chi connectivity index (χ3n) is 3.86. The molecule has 4 N–H and O–H groups in total. The highest BCUT2D eigenvalue weighted by Crippen LogP contribution is 2.34. The van der Waals surface area contributed by atoms with Gasteiger partial charge in [0.25, 0.3) is 0 Å². The van der Waals surface area contributed by atoms with Crippen molar-refractivity contribution in [1.82, 2.24) is 4.57 Å². The molecule has 5 nitrogen and oxygen atoms in total. The fourth-order valence-electron chi connectivity index (χ4n) is 2.84. The van der Waals surface area contributed by atoms with Crippen LogP contribution in [0.25, 0.3) is 10.9 Å². The zero-order valence-electron chi connectivity index (χ0n) is 13.4. The van der Waals surface area contributed by atoms with Gasteiger partial charge in [0.1, 0.15) is 0 Å². The van der Waals surface area contributed by atoms with Crippen LogP contribution in [0.3, 0.4) is 0 Å². The number of aliphatic hydroxyl groups excluding tert-OH is 1. The van der Waals surface area contributed by atoms with E-state index < -0.39 is 5.97 Å². The normalized spacial score (nSPS) is 12.0. The van der Waals surface area contributed by atoms with E-state index in [1.807, 2.05) is 10.8 Å². The summed E-state index contributed by atoms with van der Waals surface area (Å²) in [5.41, 5.74) is 8.77. The Labute approximate surface area is 130 Å². The van der Waals surface area contributed by atoms with Crippen molar-refractivity contribution in [3.8, 4) is 0 Å². The van der Waals surface area contributed by atoms with E-state index >= 15 is 0 Å². The molecule has 0 radical (unpaired) electrons. The van der Waals surface area contributed by atoms with Crippen molar-refractivity contribution < 1.29 is 15.0 Å². The molecule has 1 aromatic heterocycles. The number of fused-ring (bicyclic) bond motifs is 1. The number of aromatic carboxylic acids is 1. The monoisotopic (exact) mass is 304 g/mol. The topological polar surface area (TPSA) is 88.5 Å². The van der Waals surface area contributed by atoms with E-state index in [9.17, 15) is 15.0 Å². The SMILES string of the molecule is CC(C)(C)c1cc(C(=O)O)cc2c(CCN)cn(CCO)c12. The average molecular weight is 304 g/mol. The van der Waals surface area contributed by atoms with E-state index in [0.717, 1.165) is 22.0 Å². The molecule has 2 rings (SSSR count).